The van der Waals surface area contributed by atoms with Crippen LogP contribution in [-0.2, 0) is 92.7 Å². The molecule has 0 aliphatic carbocycles. The molecule has 14 atom stereocenters. The topological polar surface area (TPSA) is 806 Å². The van der Waals surface area contributed by atoms with Gasteiger partial charge in [-0.25, -0.2) is 4.79 Å². The average Bonchev–Trinajstić information content (AvgIpc) is 0.853. The second-order valence-electron chi connectivity index (χ2n) is 26.4. The lowest BCUT2D eigenvalue weighted by atomic mass is 9.97. The lowest BCUT2D eigenvalue weighted by Crippen LogP contribution is -2.60. The Morgan fingerprint density at radius 2 is 0.814 bits per heavy atom. The number of amides is 16. The number of thiol groups is 2. The molecule has 0 unspecified atom stereocenters. The number of rotatable bonds is 58. The first kappa shape index (κ1) is 104. The van der Waals surface area contributed by atoms with Crippen molar-refractivity contribution in [2.24, 2.45) is 34.6 Å². The number of carbonyl (C=O) groups excluding carboxylic acids is 16. The van der Waals surface area contributed by atoms with Crippen molar-refractivity contribution in [1.29, 1.82) is 16.2 Å². The van der Waals surface area contributed by atoms with Crippen LogP contribution in [0.1, 0.15) is 90.5 Å². The summed E-state index contributed by atoms with van der Waals surface area (Å²) in [6.07, 6.45) is -0.589. The first-order chi connectivity index (χ1) is 55.6. The van der Waals surface area contributed by atoms with Gasteiger partial charge in [0.2, 0.25) is 94.5 Å². The number of hydrogen-bond acceptors (Lipinski definition) is 27. The second kappa shape index (κ2) is 56.7. The monoisotopic (exact) mass is 1730 g/mol. The summed E-state index contributed by atoms with van der Waals surface area (Å²) in [5, 5.41) is 104. The third-order valence-corrected chi connectivity index (χ3v) is 18.3. The van der Waals surface area contributed by atoms with E-state index < -0.39 is 254 Å². The van der Waals surface area contributed by atoms with Crippen LogP contribution in [0.25, 0.3) is 0 Å². The standard InChI is InChI=1S/C67H112N26O22S3/c1-5-32(2)51(63(113)81-27-48(98)82-33(3)52(102)91-44(30-116)62(112)88-41(64(114)115)23-46(69)96)93-57(107)37(16-11-20-78-67(74)75)84-58(108)40(24-50(100)101)87-56(106)38(17-21-118-4)85-55(105)36(15-10-19-77-66(72)73)83-49(99)26-79-47(97)25-80-54(104)39(22-34-12-7-6-8-13-34)86-61(111)45(31-117)92-60(110)43(29-95)90-59(109)42(28-94)89-53(103)35(68)14-9-18-76-65(70)71/h6-8,12-13,32-33,35-45,51,94-95,116-117H,5,9-11,14-31,68H2,1-4H3,(H2,69,96)(H,79,97)(H,80,104)(H,81,113)(H,82,98)(H,83,99)(H,84,108)(H,85,105)(H,86,111)(H,87,106)(H,88,112)(H,89,103)(H,90,109)(H,91,102)(H,92,110)(H,93,107)(H,100,101)(H,114,115)(H4,70,71,76)(H4,72,73,77)(H4,74,75,78)/t32-,33-,35-,36-,37-,38-,39-,40-,41-,42-,43-,44-,45-,51-/m0/s1. The summed E-state index contributed by atoms with van der Waals surface area (Å²) in [4.78, 5) is 239. The lowest BCUT2D eigenvalue weighted by molar-refractivity contribution is -0.143. The van der Waals surface area contributed by atoms with Crippen LogP contribution >= 0.6 is 37.0 Å². The minimum atomic E-state index is -2.00. The minimum Gasteiger partial charge on any atom is -0.481 e. The Kier molecular flexibility index (Phi) is 50.2. The summed E-state index contributed by atoms with van der Waals surface area (Å²) in [6, 6.07) is -12.3. The molecular formula is C67H112N26O22S3. The van der Waals surface area contributed by atoms with Gasteiger partial charge >= 0.3 is 11.9 Å². The summed E-state index contributed by atoms with van der Waals surface area (Å²) in [6.45, 7) is 0.0113. The van der Waals surface area contributed by atoms with E-state index >= 15 is 0 Å². The highest BCUT2D eigenvalue weighted by Crippen LogP contribution is 2.13. The number of benzene rings is 1. The zero-order valence-electron chi connectivity index (χ0n) is 65.4. The Balaban J connectivity index is 3.38. The van der Waals surface area contributed by atoms with Gasteiger partial charge in [-0.05, 0) is 75.4 Å². The molecule has 0 aliphatic heterocycles. The summed E-state index contributed by atoms with van der Waals surface area (Å²) in [5.41, 5.74) is 27.6. The van der Waals surface area contributed by atoms with Crippen molar-refractivity contribution in [3.05, 3.63) is 35.9 Å². The van der Waals surface area contributed by atoms with E-state index in [9.17, 15) is 107 Å². The van der Waals surface area contributed by atoms with E-state index in [1.54, 1.807) is 50.4 Å². The fourth-order valence-electron chi connectivity index (χ4n) is 10.2. The largest absolute Gasteiger partial charge is 0.481 e. The molecule has 118 heavy (non-hydrogen) atoms. The molecule has 0 aliphatic rings. The molecule has 0 saturated carbocycles. The molecule has 0 spiro atoms. The van der Waals surface area contributed by atoms with Crippen molar-refractivity contribution < 1.29 is 107 Å². The molecule has 1 aromatic rings. The van der Waals surface area contributed by atoms with Crippen LogP contribution < -0.4 is 124 Å². The summed E-state index contributed by atoms with van der Waals surface area (Å²) < 4.78 is 0. The molecule has 51 heteroatoms. The fraction of sp³-hybridized carbons (Fsp3) is 0.597. The third kappa shape index (κ3) is 42.3. The first-order valence-corrected chi connectivity index (χ1v) is 39.4. The number of nitrogens with one attached hydrogen (secondary N) is 21. The highest BCUT2D eigenvalue weighted by atomic mass is 32.2. The maximum absolute atomic E-state index is 14.3. The highest BCUT2D eigenvalue weighted by Gasteiger charge is 2.37. The third-order valence-electron chi connectivity index (χ3n) is 16.9. The minimum absolute atomic E-state index is 0.0205. The molecule has 0 heterocycles. The number of primary amides is 1. The number of carbonyl (C=O) groups is 18. The highest BCUT2D eigenvalue weighted by molar-refractivity contribution is 7.98. The Morgan fingerprint density at radius 1 is 0.424 bits per heavy atom. The number of carboxylic acids is 2. The Labute approximate surface area is 693 Å². The molecule has 16 amide bonds. The zero-order valence-corrected chi connectivity index (χ0v) is 68.0. The van der Waals surface area contributed by atoms with Crippen molar-refractivity contribution in [2.75, 3.05) is 76.0 Å². The average molecular weight is 1730 g/mol. The van der Waals surface area contributed by atoms with Crippen molar-refractivity contribution in [1.82, 2.24) is 95.7 Å². The number of aliphatic hydroxyl groups excluding tert-OH is 2. The maximum Gasteiger partial charge on any atom is 0.326 e. The number of hydrogen-bond donors (Lipinski definition) is 32. The molecular weight excluding hydrogens is 1620 g/mol. The van der Waals surface area contributed by atoms with Gasteiger partial charge in [-0.1, -0.05) is 50.6 Å². The molecule has 0 fully saturated rings. The molecule has 1 aromatic carbocycles. The van der Waals surface area contributed by atoms with Gasteiger partial charge < -0.3 is 145 Å². The van der Waals surface area contributed by atoms with Gasteiger partial charge in [-0.2, -0.15) is 37.0 Å². The Bertz CT molecular complexity index is 3640. The van der Waals surface area contributed by atoms with E-state index in [1.807, 2.05) is 0 Å². The van der Waals surface area contributed by atoms with Crippen LogP contribution in [0.15, 0.2) is 30.3 Å². The van der Waals surface area contributed by atoms with E-state index in [0.29, 0.717) is 12.0 Å². The Hall–Kier alpha value is -11.6. The van der Waals surface area contributed by atoms with Crippen LogP contribution in [0.2, 0.25) is 0 Å². The van der Waals surface area contributed by atoms with E-state index in [4.69, 9.17) is 44.9 Å². The van der Waals surface area contributed by atoms with Crippen molar-refractivity contribution in [3.8, 4) is 0 Å². The molecule has 660 valence electrons. The number of aliphatic carboxylic acids is 2. The zero-order chi connectivity index (χ0) is 89.3. The van der Waals surface area contributed by atoms with Crippen LogP contribution in [0.4, 0.5) is 0 Å². The van der Waals surface area contributed by atoms with Gasteiger partial charge in [0.05, 0.1) is 51.7 Å². The molecule has 48 nitrogen and oxygen atoms in total. The van der Waals surface area contributed by atoms with Crippen LogP contribution in [0, 0.1) is 22.1 Å². The SMILES string of the molecule is CC[C@H](C)[C@H](NC(=O)[C@H](CCCNC(=N)N)NC(=O)[C@H](CC(=O)O)NC(=O)[C@H](CCSC)NC(=O)[C@H](CCCNC(=N)N)NC(=O)CNC(=O)CNC(=O)[C@H](Cc1ccccc1)NC(=O)[C@H](CS)NC(=O)[C@H](CO)NC(=O)[C@H](CO)NC(=O)[C@@H](N)CCCNC(=N)N)C(=O)NCC(=O)N[C@@H](C)C(=O)N[C@@H](CS)C(=O)N[C@@H](CC(N)=O)C(=O)O. The van der Waals surface area contributed by atoms with Gasteiger partial charge in [-0.3, -0.25) is 97.7 Å². The summed E-state index contributed by atoms with van der Waals surface area (Å²) in [5.74, 6) is -22.4. The van der Waals surface area contributed by atoms with E-state index in [1.165, 1.54) is 18.7 Å². The van der Waals surface area contributed by atoms with Gasteiger partial charge in [0, 0.05) is 37.6 Å². The van der Waals surface area contributed by atoms with Crippen LogP contribution in [0.3, 0.4) is 0 Å². The molecule has 0 saturated heterocycles. The predicted molar refractivity (Wildman–Crippen MR) is 431 cm³/mol. The molecule has 35 N–H and O–H groups in total. The summed E-state index contributed by atoms with van der Waals surface area (Å²) >= 11 is 9.36. The van der Waals surface area contributed by atoms with E-state index in [0.717, 1.165) is 0 Å². The number of nitrogens with two attached hydrogens (primary N) is 5. The van der Waals surface area contributed by atoms with Gasteiger partial charge in [0.15, 0.2) is 17.9 Å². The number of carboxylic acid groups (broad SMARTS) is 2. The van der Waals surface area contributed by atoms with Gasteiger partial charge in [0.1, 0.15) is 72.5 Å². The molecule has 0 aromatic heterocycles. The number of thioether (sulfide) groups is 1. The molecule has 1 rings (SSSR count). The van der Waals surface area contributed by atoms with Gasteiger partial charge in [-0.15, -0.1) is 0 Å². The van der Waals surface area contributed by atoms with Crippen LogP contribution in [-0.4, -0.2) is 299 Å². The number of guanidine groups is 3. The normalized spacial score (nSPS) is 14.3. The number of aliphatic hydroxyl groups is 2. The smallest absolute Gasteiger partial charge is 0.326 e. The van der Waals surface area contributed by atoms with Crippen LogP contribution in [0.5, 0.6) is 0 Å². The van der Waals surface area contributed by atoms with Crippen molar-refractivity contribution in [2.45, 2.75) is 170 Å². The fourth-order valence-corrected chi connectivity index (χ4v) is 11.2. The second-order valence-corrected chi connectivity index (χ2v) is 28.1. The lowest BCUT2D eigenvalue weighted by Gasteiger charge is -2.28. The molecule has 0 radical (unpaired) electrons. The first-order valence-electron chi connectivity index (χ1n) is 36.8. The van der Waals surface area contributed by atoms with E-state index in [2.05, 4.69) is 121 Å². The van der Waals surface area contributed by atoms with Crippen molar-refractivity contribution >= 4 is 161 Å². The predicted octanol–water partition coefficient (Wildman–Crippen LogP) is -12.4. The van der Waals surface area contributed by atoms with Crippen molar-refractivity contribution in [3.63, 3.8) is 0 Å². The van der Waals surface area contributed by atoms with Gasteiger partial charge in [0.25, 0.3) is 0 Å². The summed E-state index contributed by atoms with van der Waals surface area (Å²) in [7, 11) is 0. The maximum atomic E-state index is 14.3. The van der Waals surface area contributed by atoms with E-state index in [-0.39, 0.29) is 88.5 Å². The molecule has 0 bridgehead atoms. The quantitative estimate of drug-likeness (QED) is 0.0125. The Morgan fingerprint density at radius 3 is 1.29 bits per heavy atom.